The maximum Gasteiger partial charge on any atom is 0.370 e. The van der Waals surface area contributed by atoms with Crippen LogP contribution in [0.3, 0.4) is 0 Å². The summed E-state index contributed by atoms with van der Waals surface area (Å²) in [6.07, 6.45) is 0. The molecule has 2 nitrogen and oxygen atoms in total. The molecule has 0 heterocycles. The van der Waals surface area contributed by atoms with Gasteiger partial charge >= 0.3 is 5.97 Å². The number of hydrogen-bond acceptors (Lipinski definition) is 2. The van der Waals surface area contributed by atoms with Gasteiger partial charge in [0.2, 0.25) is 9.66 Å². The standard InChI is InChI=1S/C5H5F2IO2/c1-2-10-5(9)3(6)4(7)8/h2H2,1H3/b4-3+. The van der Waals surface area contributed by atoms with Gasteiger partial charge in [-0.3, -0.25) is 0 Å². The summed E-state index contributed by atoms with van der Waals surface area (Å²) in [5.41, 5.74) is 0. The first-order chi connectivity index (χ1) is 4.59. The summed E-state index contributed by atoms with van der Waals surface area (Å²) in [4.78, 5) is 10.3. The summed E-state index contributed by atoms with van der Waals surface area (Å²) >= 11 is 1.06. The van der Waals surface area contributed by atoms with Gasteiger partial charge in [0.25, 0.3) is 0 Å². The SMILES string of the molecule is CCOC(=O)/C(F)=C(/F)I. The molecular formula is C5H5F2IO2. The molecule has 58 valence electrons. The fraction of sp³-hybridized carbons (Fsp3) is 0.400. The van der Waals surface area contributed by atoms with Crippen molar-refractivity contribution in [3.05, 3.63) is 9.66 Å². The molecule has 0 saturated heterocycles. The van der Waals surface area contributed by atoms with Crippen LogP contribution in [0.2, 0.25) is 0 Å². The molecule has 5 heteroatoms. The molecule has 0 radical (unpaired) electrons. The molecule has 0 aromatic heterocycles. The van der Waals surface area contributed by atoms with Gasteiger partial charge in [-0.1, -0.05) is 0 Å². The zero-order valence-electron chi connectivity index (χ0n) is 5.16. The Hall–Kier alpha value is -0.200. The van der Waals surface area contributed by atoms with Crippen LogP contribution in [0.5, 0.6) is 0 Å². The van der Waals surface area contributed by atoms with Crippen LogP contribution in [0.4, 0.5) is 8.78 Å². The van der Waals surface area contributed by atoms with Gasteiger partial charge in [-0.25, -0.2) is 4.79 Å². The van der Waals surface area contributed by atoms with Gasteiger partial charge in [0.05, 0.1) is 6.61 Å². The molecule has 0 unspecified atom stereocenters. The molecule has 0 aliphatic heterocycles. The molecule has 0 rings (SSSR count). The van der Waals surface area contributed by atoms with Gasteiger partial charge in [-0.05, 0) is 29.5 Å². The number of halogens is 3. The zero-order chi connectivity index (χ0) is 8.15. The number of ether oxygens (including phenoxy) is 1. The van der Waals surface area contributed by atoms with Crippen LogP contribution in [0.25, 0.3) is 0 Å². The van der Waals surface area contributed by atoms with Crippen molar-refractivity contribution in [3.63, 3.8) is 0 Å². The highest BCUT2D eigenvalue weighted by Crippen LogP contribution is 2.15. The lowest BCUT2D eigenvalue weighted by atomic mass is 10.6. The predicted molar refractivity (Wildman–Crippen MR) is 39.9 cm³/mol. The van der Waals surface area contributed by atoms with Crippen LogP contribution in [0, 0.1) is 0 Å². The molecule has 0 fully saturated rings. The van der Waals surface area contributed by atoms with E-state index in [2.05, 4.69) is 4.74 Å². The Labute approximate surface area is 70.4 Å². The van der Waals surface area contributed by atoms with Crippen molar-refractivity contribution in [1.29, 1.82) is 0 Å². The Bertz CT molecular complexity index is 163. The van der Waals surface area contributed by atoms with Crippen LogP contribution in [-0.2, 0) is 9.53 Å². The lowest BCUT2D eigenvalue weighted by Gasteiger charge is -1.96. The van der Waals surface area contributed by atoms with E-state index < -0.39 is 15.6 Å². The van der Waals surface area contributed by atoms with Gasteiger partial charge in [0.15, 0.2) is 0 Å². The second kappa shape index (κ2) is 4.59. The molecule has 0 amide bonds. The van der Waals surface area contributed by atoms with E-state index in [0.29, 0.717) is 0 Å². The molecule has 0 aliphatic carbocycles. The van der Waals surface area contributed by atoms with Gasteiger partial charge in [0, 0.05) is 0 Å². The van der Waals surface area contributed by atoms with Crippen molar-refractivity contribution in [2.24, 2.45) is 0 Å². The third-order valence-corrected chi connectivity index (χ3v) is 1.09. The van der Waals surface area contributed by atoms with Crippen LogP contribution in [0.15, 0.2) is 9.66 Å². The van der Waals surface area contributed by atoms with Crippen LogP contribution in [-0.4, -0.2) is 12.6 Å². The third-order valence-electron chi connectivity index (χ3n) is 0.621. The normalized spacial score (nSPS) is 12.4. The van der Waals surface area contributed by atoms with Crippen molar-refractivity contribution in [2.45, 2.75) is 6.92 Å². The highest BCUT2D eigenvalue weighted by molar-refractivity contribution is 14.1. The zero-order valence-corrected chi connectivity index (χ0v) is 7.31. The van der Waals surface area contributed by atoms with Crippen molar-refractivity contribution in [2.75, 3.05) is 6.61 Å². The number of esters is 1. The topological polar surface area (TPSA) is 26.3 Å². The highest BCUT2D eigenvalue weighted by Gasteiger charge is 2.13. The van der Waals surface area contributed by atoms with Crippen LogP contribution >= 0.6 is 22.6 Å². The molecular weight excluding hydrogens is 257 g/mol. The molecule has 0 spiro atoms. The first-order valence-electron chi connectivity index (χ1n) is 2.47. The molecule has 0 aromatic carbocycles. The molecule has 10 heavy (non-hydrogen) atoms. The van der Waals surface area contributed by atoms with E-state index in [1.54, 1.807) is 0 Å². The second-order valence-electron chi connectivity index (χ2n) is 1.29. The Balaban J connectivity index is 4.09. The van der Waals surface area contributed by atoms with Crippen LogP contribution in [0.1, 0.15) is 6.92 Å². The predicted octanol–water partition coefficient (Wildman–Crippen LogP) is 2.09. The Morgan fingerprint density at radius 1 is 1.60 bits per heavy atom. The smallest absolute Gasteiger partial charge is 0.370 e. The molecule has 0 bridgehead atoms. The minimum absolute atomic E-state index is 0.0379. The second-order valence-corrected chi connectivity index (χ2v) is 2.24. The Morgan fingerprint density at radius 2 is 2.10 bits per heavy atom. The summed E-state index contributed by atoms with van der Waals surface area (Å²) in [6, 6.07) is 0. The lowest BCUT2D eigenvalue weighted by Crippen LogP contribution is -2.04. The van der Waals surface area contributed by atoms with Gasteiger partial charge in [0.1, 0.15) is 0 Å². The summed E-state index contributed by atoms with van der Waals surface area (Å²) < 4.78 is 27.0. The number of carbonyl (C=O) groups excluding carboxylic acids is 1. The van der Waals surface area contributed by atoms with E-state index in [1.165, 1.54) is 6.92 Å². The molecule has 0 aliphatic rings. The molecule has 0 aromatic rings. The molecule has 0 atom stereocenters. The molecule has 0 saturated carbocycles. The van der Waals surface area contributed by atoms with Gasteiger partial charge < -0.3 is 4.74 Å². The summed E-state index contributed by atoms with van der Waals surface area (Å²) in [5, 5.41) is 0. The average molecular weight is 262 g/mol. The lowest BCUT2D eigenvalue weighted by molar-refractivity contribution is -0.140. The fourth-order valence-corrected chi connectivity index (χ4v) is 0.492. The number of hydrogen-bond donors (Lipinski definition) is 0. The maximum atomic E-state index is 12.1. The third kappa shape index (κ3) is 3.09. The van der Waals surface area contributed by atoms with E-state index in [4.69, 9.17) is 0 Å². The van der Waals surface area contributed by atoms with E-state index in [9.17, 15) is 13.6 Å². The van der Waals surface area contributed by atoms with Crippen LogP contribution < -0.4 is 0 Å². The maximum absolute atomic E-state index is 12.1. The summed E-state index contributed by atoms with van der Waals surface area (Å²) in [7, 11) is 0. The largest absolute Gasteiger partial charge is 0.461 e. The minimum atomic E-state index is -1.47. The molecule has 0 N–H and O–H groups in total. The van der Waals surface area contributed by atoms with Crippen molar-refractivity contribution >= 4 is 28.6 Å². The monoisotopic (exact) mass is 262 g/mol. The number of carbonyl (C=O) groups is 1. The van der Waals surface area contributed by atoms with Gasteiger partial charge in [-0.15, -0.1) is 0 Å². The highest BCUT2D eigenvalue weighted by atomic mass is 127. The minimum Gasteiger partial charge on any atom is -0.461 e. The Morgan fingerprint density at radius 3 is 2.40 bits per heavy atom. The quantitative estimate of drug-likeness (QED) is 0.432. The Kier molecular flexibility index (Phi) is 4.50. The van der Waals surface area contributed by atoms with E-state index in [1.807, 2.05) is 0 Å². The van der Waals surface area contributed by atoms with Crippen molar-refractivity contribution < 1.29 is 18.3 Å². The van der Waals surface area contributed by atoms with E-state index >= 15 is 0 Å². The first-order valence-corrected chi connectivity index (χ1v) is 3.55. The van der Waals surface area contributed by atoms with Gasteiger partial charge in [-0.2, -0.15) is 8.78 Å². The summed E-state index contributed by atoms with van der Waals surface area (Å²) in [6.45, 7) is 1.55. The van der Waals surface area contributed by atoms with Crippen molar-refractivity contribution in [3.8, 4) is 0 Å². The summed E-state index contributed by atoms with van der Waals surface area (Å²) in [5.74, 6) is -2.73. The van der Waals surface area contributed by atoms with Crippen molar-refractivity contribution in [1.82, 2.24) is 0 Å². The fourth-order valence-electron chi connectivity index (χ4n) is 0.272. The van der Waals surface area contributed by atoms with E-state index in [-0.39, 0.29) is 6.61 Å². The number of rotatable bonds is 2. The first kappa shape index (κ1) is 9.80. The average Bonchev–Trinajstić information content (AvgIpc) is 1.87. The van der Waals surface area contributed by atoms with E-state index in [0.717, 1.165) is 22.6 Å².